The van der Waals surface area contributed by atoms with Crippen molar-refractivity contribution in [2.45, 2.75) is 30.6 Å². The number of rotatable bonds is 6. The minimum atomic E-state index is -0.262. The Morgan fingerprint density at radius 2 is 1.90 bits per heavy atom. The van der Waals surface area contributed by atoms with Gasteiger partial charge in [0, 0.05) is 6.61 Å². The maximum atomic E-state index is 12.6. The van der Waals surface area contributed by atoms with E-state index >= 15 is 0 Å². The van der Waals surface area contributed by atoms with Gasteiger partial charge in [-0.25, -0.2) is 0 Å². The molecule has 1 atom stereocenters. The second-order valence-corrected chi connectivity index (χ2v) is 8.75. The van der Waals surface area contributed by atoms with Gasteiger partial charge in [0.1, 0.15) is 0 Å². The fourth-order valence-corrected chi connectivity index (χ4v) is 5.23. The number of fused-ring (bicyclic) bond motifs is 1. The van der Waals surface area contributed by atoms with E-state index in [2.05, 4.69) is 10.2 Å². The molecule has 0 unspecified atom stereocenters. The molecule has 2 aliphatic rings. The Bertz CT molecular complexity index is 1020. The average molecular weight is 427 g/mol. The summed E-state index contributed by atoms with van der Waals surface area (Å²) in [6.45, 7) is 1.43. The van der Waals surface area contributed by atoms with Crippen molar-refractivity contribution in [3.05, 3.63) is 52.9 Å². The Morgan fingerprint density at radius 3 is 2.55 bits per heavy atom. The van der Waals surface area contributed by atoms with Gasteiger partial charge in [-0.15, -0.1) is 21.5 Å². The second kappa shape index (κ2) is 7.74. The fourth-order valence-electron chi connectivity index (χ4n) is 3.62. The molecule has 0 spiro atoms. The average Bonchev–Trinajstić information content (AvgIpc) is 3.52. The minimum absolute atomic E-state index is 0.128. The van der Waals surface area contributed by atoms with Crippen molar-refractivity contribution in [3.63, 3.8) is 0 Å². The Hall–Kier alpha value is -2.49. The number of carbonyl (C=O) groups excluding carboxylic acids is 2. The summed E-state index contributed by atoms with van der Waals surface area (Å²) in [4.78, 5) is 27.5. The van der Waals surface area contributed by atoms with Crippen LogP contribution in [-0.2, 0) is 11.3 Å². The second-order valence-electron chi connectivity index (χ2n) is 6.89. The minimum Gasteiger partial charge on any atom is -0.376 e. The molecule has 7 nitrogen and oxygen atoms in total. The Kier molecular flexibility index (Phi) is 4.94. The van der Waals surface area contributed by atoms with E-state index in [1.807, 2.05) is 22.1 Å². The molecule has 29 heavy (non-hydrogen) atoms. The molecule has 2 amide bonds. The zero-order valence-electron chi connectivity index (χ0n) is 15.5. The summed E-state index contributed by atoms with van der Waals surface area (Å²) in [5.41, 5.74) is 0.913. The molecule has 0 radical (unpaired) electrons. The normalized spacial score (nSPS) is 18.6. The summed E-state index contributed by atoms with van der Waals surface area (Å²) >= 11 is 2.95. The van der Waals surface area contributed by atoms with Crippen LogP contribution < -0.4 is 0 Å². The summed E-state index contributed by atoms with van der Waals surface area (Å²) in [5, 5.41) is 11.4. The lowest BCUT2D eigenvalue weighted by atomic mass is 10.1. The van der Waals surface area contributed by atoms with Crippen LogP contribution in [0.15, 0.2) is 46.9 Å². The predicted molar refractivity (Wildman–Crippen MR) is 110 cm³/mol. The van der Waals surface area contributed by atoms with Crippen LogP contribution >= 0.6 is 23.1 Å². The SMILES string of the molecule is O=C1c2ccccc2C(=O)N1CSc1nnc(-c2cccs2)n1C[C@H]1CCCO1. The fraction of sp³-hybridized carbons (Fsp3) is 0.300. The van der Waals surface area contributed by atoms with Crippen molar-refractivity contribution in [3.8, 4) is 10.7 Å². The van der Waals surface area contributed by atoms with Gasteiger partial charge in [0.05, 0.1) is 34.5 Å². The predicted octanol–water partition coefficient (Wildman–Crippen LogP) is 3.53. The molecule has 1 fully saturated rings. The van der Waals surface area contributed by atoms with Crippen LogP contribution in [-0.4, -0.2) is 50.1 Å². The van der Waals surface area contributed by atoms with Gasteiger partial charge in [-0.05, 0) is 36.4 Å². The third-order valence-corrected chi connectivity index (χ3v) is 6.88. The highest BCUT2D eigenvalue weighted by atomic mass is 32.2. The Labute approximate surface area is 175 Å². The first-order valence-electron chi connectivity index (χ1n) is 9.39. The van der Waals surface area contributed by atoms with Crippen molar-refractivity contribution in [1.82, 2.24) is 19.7 Å². The topological polar surface area (TPSA) is 77.3 Å². The first-order chi connectivity index (χ1) is 14.2. The van der Waals surface area contributed by atoms with Crippen LogP contribution in [0.25, 0.3) is 10.7 Å². The molecule has 148 valence electrons. The lowest BCUT2D eigenvalue weighted by molar-refractivity contribution is 0.0683. The van der Waals surface area contributed by atoms with Gasteiger partial charge in [0.2, 0.25) is 0 Å². The maximum absolute atomic E-state index is 12.6. The van der Waals surface area contributed by atoms with Crippen LogP contribution in [0.2, 0.25) is 0 Å². The van der Waals surface area contributed by atoms with E-state index in [1.54, 1.807) is 35.6 Å². The number of carbonyl (C=O) groups is 2. The number of hydrogen-bond acceptors (Lipinski definition) is 7. The first-order valence-corrected chi connectivity index (χ1v) is 11.3. The molecule has 3 aromatic rings. The quantitative estimate of drug-likeness (QED) is 0.443. The van der Waals surface area contributed by atoms with Gasteiger partial charge in [-0.1, -0.05) is 30.0 Å². The molecule has 2 aromatic heterocycles. The van der Waals surface area contributed by atoms with E-state index in [4.69, 9.17) is 4.74 Å². The number of benzene rings is 1. The van der Waals surface area contributed by atoms with Gasteiger partial charge in [-0.2, -0.15) is 0 Å². The Balaban J connectivity index is 1.39. The molecule has 1 aromatic carbocycles. The molecule has 0 N–H and O–H groups in total. The van der Waals surface area contributed by atoms with E-state index in [0.29, 0.717) is 22.8 Å². The molecular weight excluding hydrogens is 408 g/mol. The van der Waals surface area contributed by atoms with E-state index in [-0.39, 0.29) is 23.8 Å². The van der Waals surface area contributed by atoms with Crippen molar-refractivity contribution >= 4 is 34.9 Å². The monoisotopic (exact) mass is 426 g/mol. The van der Waals surface area contributed by atoms with Gasteiger partial charge in [0.15, 0.2) is 11.0 Å². The number of imide groups is 1. The van der Waals surface area contributed by atoms with Crippen LogP contribution in [0.4, 0.5) is 0 Å². The van der Waals surface area contributed by atoms with Crippen molar-refractivity contribution < 1.29 is 14.3 Å². The van der Waals surface area contributed by atoms with Crippen LogP contribution in [0, 0.1) is 0 Å². The number of aromatic nitrogens is 3. The molecule has 0 aliphatic carbocycles. The number of thioether (sulfide) groups is 1. The third-order valence-electron chi connectivity index (χ3n) is 5.07. The van der Waals surface area contributed by atoms with Crippen molar-refractivity contribution in [1.29, 1.82) is 0 Å². The van der Waals surface area contributed by atoms with E-state index in [9.17, 15) is 9.59 Å². The zero-order chi connectivity index (χ0) is 19.8. The molecule has 0 bridgehead atoms. The lowest BCUT2D eigenvalue weighted by Gasteiger charge is -2.16. The van der Waals surface area contributed by atoms with E-state index in [0.717, 1.165) is 30.2 Å². The number of thiophene rings is 1. The number of nitrogens with zero attached hydrogens (tertiary/aromatic N) is 4. The molecule has 2 aliphatic heterocycles. The molecule has 0 saturated carbocycles. The maximum Gasteiger partial charge on any atom is 0.262 e. The van der Waals surface area contributed by atoms with Crippen molar-refractivity contribution in [2.24, 2.45) is 0 Å². The van der Waals surface area contributed by atoms with E-state index < -0.39 is 0 Å². The van der Waals surface area contributed by atoms with Crippen LogP contribution in [0.5, 0.6) is 0 Å². The summed E-state index contributed by atoms with van der Waals surface area (Å²) in [6, 6.07) is 10.9. The molecule has 4 heterocycles. The molecule has 1 saturated heterocycles. The first kappa shape index (κ1) is 18.5. The van der Waals surface area contributed by atoms with Crippen LogP contribution in [0.3, 0.4) is 0 Å². The highest BCUT2D eigenvalue weighted by Gasteiger charge is 2.35. The third kappa shape index (κ3) is 3.39. The van der Waals surface area contributed by atoms with Gasteiger partial charge in [-0.3, -0.25) is 19.1 Å². The van der Waals surface area contributed by atoms with Gasteiger partial charge >= 0.3 is 0 Å². The van der Waals surface area contributed by atoms with Crippen LogP contribution in [0.1, 0.15) is 33.6 Å². The summed E-state index contributed by atoms with van der Waals surface area (Å²) in [6.07, 6.45) is 2.19. The van der Waals surface area contributed by atoms with Crippen molar-refractivity contribution in [2.75, 3.05) is 12.5 Å². The Morgan fingerprint density at radius 1 is 1.10 bits per heavy atom. The standard InChI is InChI=1S/C20H18N4O3S2/c25-18-14-6-1-2-7-15(14)19(26)24(18)12-29-20-22-21-17(16-8-4-10-28-16)23(20)11-13-5-3-9-27-13/h1-2,4,6-8,10,13H,3,5,9,11-12H2/t13-/m1/s1. The van der Waals surface area contributed by atoms with E-state index in [1.165, 1.54) is 16.7 Å². The summed E-state index contributed by atoms with van der Waals surface area (Å²) in [5.74, 6) is 0.462. The molecule has 5 rings (SSSR count). The highest BCUT2D eigenvalue weighted by Crippen LogP contribution is 2.31. The number of ether oxygens (including phenoxy) is 1. The molecular formula is C20H18N4O3S2. The summed E-state index contributed by atoms with van der Waals surface area (Å²) < 4.78 is 7.85. The lowest BCUT2D eigenvalue weighted by Crippen LogP contribution is -2.29. The number of amides is 2. The highest BCUT2D eigenvalue weighted by molar-refractivity contribution is 7.99. The number of hydrogen-bond donors (Lipinski definition) is 0. The molecule has 9 heteroatoms. The smallest absolute Gasteiger partial charge is 0.262 e. The largest absolute Gasteiger partial charge is 0.376 e. The zero-order valence-corrected chi connectivity index (χ0v) is 17.1. The van der Waals surface area contributed by atoms with Gasteiger partial charge < -0.3 is 4.74 Å². The van der Waals surface area contributed by atoms with Gasteiger partial charge in [0.25, 0.3) is 11.8 Å². The summed E-state index contributed by atoms with van der Waals surface area (Å²) in [7, 11) is 0.